The molecular weight excluding hydrogens is 252 g/mol. The predicted molar refractivity (Wildman–Crippen MR) is 77.1 cm³/mol. The van der Waals surface area contributed by atoms with Crippen LogP contribution in [0.4, 0.5) is 0 Å². The maximum Gasteiger partial charge on any atom is 0.125 e. The number of ether oxygens (including phenoxy) is 2. The Labute approximate surface area is 119 Å². The van der Waals surface area contributed by atoms with Crippen molar-refractivity contribution < 1.29 is 9.47 Å². The number of likely N-dealkylation sites (tertiary alicyclic amines) is 1. The Morgan fingerprint density at radius 2 is 2.25 bits per heavy atom. The maximum atomic E-state index is 6.41. The lowest BCUT2D eigenvalue weighted by Crippen LogP contribution is -2.45. The Hall–Kier alpha value is -1.26. The highest BCUT2D eigenvalue weighted by molar-refractivity contribution is 5.44. The van der Waals surface area contributed by atoms with Gasteiger partial charge in [0.05, 0.1) is 7.11 Å². The zero-order chi connectivity index (χ0) is 13.7. The molecule has 1 aromatic rings. The smallest absolute Gasteiger partial charge is 0.125 e. The minimum atomic E-state index is -0.0659. The van der Waals surface area contributed by atoms with Gasteiger partial charge < -0.3 is 15.2 Å². The number of nitrogens with two attached hydrogens (primary N) is 1. The molecule has 1 aromatic carbocycles. The summed E-state index contributed by atoms with van der Waals surface area (Å²) in [6.07, 6.45) is 4.73. The van der Waals surface area contributed by atoms with Gasteiger partial charge in [0, 0.05) is 43.6 Å². The van der Waals surface area contributed by atoms with Gasteiger partial charge in [-0.3, -0.25) is 4.90 Å². The van der Waals surface area contributed by atoms with E-state index in [1.807, 2.05) is 18.2 Å². The first-order chi connectivity index (χ1) is 9.69. The lowest BCUT2D eigenvalue weighted by Gasteiger charge is -2.39. The van der Waals surface area contributed by atoms with Gasteiger partial charge in [-0.05, 0) is 31.0 Å². The summed E-state index contributed by atoms with van der Waals surface area (Å²) in [5, 5.41) is 0. The lowest BCUT2D eigenvalue weighted by molar-refractivity contribution is 0.0432. The molecule has 0 radical (unpaired) electrons. The largest absolute Gasteiger partial charge is 0.497 e. The highest BCUT2D eigenvalue weighted by Crippen LogP contribution is 2.45. The van der Waals surface area contributed by atoms with E-state index in [-0.39, 0.29) is 11.6 Å². The summed E-state index contributed by atoms with van der Waals surface area (Å²) in [6.45, 7) is 2.19. The lowest BCUT2D eigenvalue weighted by atomic mass is 9.87. The highest BCUT2D eigenvalue weighted by Gasteiger charge is 2.48. The van der Waals surface area contributed by atoms with Crippen molar-refractivity contribution in [1.29, 1.82) is 0 Å². The molecule has 0 amide bonds. The van der Waals surface area contributed by atoms with Crippen molar-refractivity contribution in [2.75, 3.05) is 20.2 Å². The van der Waals surface area contributed by atoms with Crippen molar-refractivity contribution in [3.63, 3.8) is 0 Å². The minimum Gasteiger partial charge on any atom is -0.497 e. The SMILES string of the molecule is COc1ccc2c(c1)C(N)CC1(CCN(C3CC3)C1)O2. The fraction of sp³-hybridized carbons (Fsp3) is 0.625. The van der Waals surface area contributed by atoms with Gasteiger partial charge in [-0.25, -0.2) is 0 Å². The summed E-state index contributed by atoms with van der Waals surface area (Å²) >= 11 is 0. The Morgan fingerprint density at radius 3 is 3.00 bits per heavy atom. The quantitative estimate of drug-likeness (QED) is 0.897. The van der Waals surface area contributed by atoms with E-state index in [4.69, 9.17) is 15.2 Å². The van der Waals surface area contributed by atoms with Gasteiger partial charge in [-0.2, -0.15) is 0 Å². The van der Waals surface area contributed by atoms with Gasteiger partial charge in [0.1, 0.15) is 17.1 Å². The molecule has 2 N–H and O–H groups in total. The molecular formula is C16H22N2O2. The molecule has 4 nitrogen and oxygen atoms in total. The summed E-state index contributed by atoms with van der Waals surface area (Å²) < 4.78 is 11.7. The second-order valence-electron chi connectivity index (χ2n) is 6.45. The van der Waals surface area contributed by atoms with Crippen molar-refractivity contribution in [2.24, 2.45) is 5.73 Å². The Morgan fingerprint density at radius 1 is 1.40 bits per heavy atom. The van der Waals surface area contributed by atoms with E-state index in [1.54, 1.807) is 7.11 Å². The number of nitrogens with zero attached hydrogens (tertiary/aromatic N) is 1. The topological polar surface area (TPSA) is 47.7 Å². The zero-order valence-electron chi connectivity index (χ0n) is 12.0. The molecule has 4 rings (SSSR count). The first-order valence-corrected chi connectivity index (χ1v) is 7.56. The average molecular weight is 274 g/mol. The van der Waals surface area contributed by atoms with Crippen LogP contribution in [0.2, 0.25) is 0 Å². The third-order valence-electron chi connectivity index (χ3n) is 4.94. The van der Waals surface area contributed by atoms with Crippen molar-refractivity contribution in [3.8, 4) is 11.5 Å². The summed E-state index contributed by atoms with van der Waals surface area (Å²) in [4.78, 5) is 2.58. The van der Waals surface area contributed by atoms with Crippen LogP contribution >= 0.6 is 0 Å². The van der Waals surface area contributed by atoms with Gasteiger partial charge in [0.15, 0.2) is 0 Å². The van der Waals surface area contributed by atoms with Crippen LogP contribution in [0.25, 0.3) is 0 Å². The minimum absolute atomic E-state index is 0.0491. The standard InChI is InChI=1S/C16H22N2O2/c1-19-12-4-5-15-13(8-12)14(17)9-16(20-15)6-7-18(10-16)11-2-3-11/h4-5,8,11,14H,2-3,6-7,9-10,17H2,1H3. The van der Waals surface area contributed by atoms with Crippen molar-refractivity contribution >= 4 is 0 Å². The molecule has 3 aliphatic rings. The molecule has 1 spiro atoms. The number of hydrogen-bond donors (Lipinski definition) is 1. The molecule has 2 fully saturated rings. The molecule has 2 aliphatic heterocycles. The van der Waals surface area contributed by atoms with Gasteiger partial charge in [0.2, 0.25) is 0 Å². The van der Waals surface area contributed by atoms with E-state index < -0.39 is 0 Å². The number of fused-ring (bicyclic) bond motifs is 1. The summed E-state index contributed by atoms with van der Waals surface area (Å²) in [5.41, 5.74) is 7.42. The van der Waals surface area contributed by atoms with Crippen LogP contribution in [0.1, 0.15) is 37.3 Å². The van der Waals surface area contributed by atoms with Crippen LogP contribution in [0.3, 0.4) is 0 Å². The van der Waals surface area contributed by atoms with E-state index in [0.29, 0.717) is 0 Å². The second kappa shape index (κ2) is 4.37. The molecule has 0 aromatic heterocycles. The molecule has 2 atom stereocenters. The van der Waals surface area contributed by atoms with Crippen LogP contribution in [0, 0.1) is 0 Å². The van der Waals surface area contributed by atoms with Gasteiger partial charge >= 0.3 is 0 Å². The van der Waals surface area contributed by atoms with Crippen LogP contribution < -0.4 is 15.2 Å². The van der Waals surface area contributed by atoms with E-state index in [9.17, 15) is 0 Å². The normalized spacial score (nSPS) is 33.0. The van der Waals surface area contributed by atoms with Crippen molar-refractivity contribution in [2.45, 2.75) is 43.4 Å². The molecule has 0 bridgehead atoms. The fourth-order valence-electron chi connectivity index (χ4n) is 3.70. The molecule has 108 valence electrons. The Balaban J connectivity index is 1.60. The third kappa shape index (κ3) is 1.98. The molecule has 2 heterocycles. The molecule has 1 aliphatic carbocycles. The molecule has 20 heavy (non-hydrogen) atoms. The third-order valence-corrected chi connectivity index (χ3v) is 4.94. The van der Waals surface area contributed by atoms with E-state index >= 15 is 0 Å². The molecule has 1 saturated heterocycles. The summed E-state index contributed by atoms with van der Waals surface area (Å²) in [6, 6.07) is 6.84. The number of rotatable bonds is 2. The Bertz CT molecular complexity index is 529. The van der Waals surface area contributed by atoms with Crippen LogP contribution in [0.15, 0.2) is 18.2 Å². The first kappa shape index (κ1) is 12.5. The molecule has 2 unspecified atom stereocenters. The summed E-state index contributed by atoms with van der Waals surface area (Å²) in [7, 11) is 1.68. The molecule has 1 saturated carbocycles. The summed E-state index contributed by atoms with van der Waals surface area (Å²) in [5.74, 6) is 1.80. The predicted octanol–water partition coefficient (Wildman–Crippen LogP) is 2.08. The van der Waals surface area contributed by atoms with Gasteiger partial charge in [-0.1, -0.05) is 0 Å². The van der Waals surface area contributed by atoms with Crippen molar-refractivity contribution in [3.05, 3.63) is 23.8 Å². The van der Waals surface area contributed by atoms with Crippen LogP contribution in [-0.4, -0.2) is 36.7 Å². The number of methoxy groups -OCH3 is 1. The monoisotopic (exact) mass is 274 g/mol. The van der Waals surface area contributed by atoms with Crippen LogP contribution in [-0.2, 0) is 0 Å². The first-order valence-electron chi connectivity index (χ1n) is 7.56. The average Bonchev–Trinajstić information content (AvgIpc) is 3.22. The van der Waals surface area contributed by atoms with Gasteiger partial charge in [0.25, 0.3) is 0 Å². The van der Waals surface area contributed by atoms with E-state index in [2.05, 4.69) is 4.90 Å². The maximum absolute atomic E-state index is 6.41. The van der Waals surface area contributed by atoms with E-state index in [1.165, 1.54) is 12.8 Å². The fourth-order valence-corrected chi connectivity index (χ4v) is 3.70. The second-order valence-corrected chi connectivity index (χ2v) is 6.45. The molecule has 4 heteroatoms. The van der Waals surface area contributed by atoms with E-state index in [0.717, 1.165) is 49.0 Å². The van der Waals surface area contributed by atoms with Crippen molar-refractivity contribution in [1.82, 2.24) is 4.90 Å². The van der Waals surface area contributed by atoms with Gasteiger partial charge in [-0.15, -0.1) is 0 Å². The number of benzene rings is 1. The highest BCUT2D eigenvalue weighted by atomic mass is 16.5. The Kier molecular flexibility index (Phi) is 2.72. The number of hydrogen-bond acceptors (Lipinski definition) is 4. The van der Waals surface area contributed by atoms with Crippen LogP contribution in [0.5, 0.6) is 11.5 Å². The zero-order valence-corrected chi connectivity index (χ0v) is 12.0.